The molecule has 0 heterocycles. The van der Waals surface area contributed by atoms with Gasteiger partial charge in [-0.2, -0.15) is 0 Å². The minimum absolute atomic E-state index is 0.0969. The predicted molar refractivity (Wildman–Crippen MR) is 66.9 cm³/mol. The maximum Gasteiger partial charge on any atom is 0.211 e. The lowest BCUT2D eigenvalue weighted by molar-refractivity contribution is -0.0250. The molecule has 0 spiro atoms. The van der Waals surface area contributed by atoms with E-state index in [2.05, 4.69) is 4.72 Å². The van der Waals surface area contributed by atoms with E-state index in [1.807, 2.05) is 0 Å². The molecule has 4 aliphatic carbocycles. The van der Waals surface area contributed by atoms with Crippen LogP contribution in [0.4, 0.5) is 0 Å². The summed E-state index contributed by atoms with van der Waals surface area (Å²) in [6.07, 6.45) is 6.29. The van der Waals surface area contributed by atoms with Gasteiger partial charge in [0.1, 0.15) is 0 Å². The lowest BCUT2D eigenvalue weighted by Crippen LogP contribution is -2.68. The first-order valence-corrected chi connectivity index (χ1v) is 8.29. The highest BCUT2D eigenvalue weighted by molar-refractivity contribution is 7.89. The quantitative estimate of drug-likeness (QED) is 0.792. The second kappa shape index (κ2) is 3.45. The summed E-state index contributed by atoms with van der Waals surface area (Å²) in [7, 11) is -3.11. The molecule has 0 amide bonds. The molecule has 0 aromatic rings. The molecule has 4 aliphatic rings. The van der Waals surface area contributed by atoms with Crippen LogP contribution in [0.25, 0.3) is 0 Å². The molecule has 5 heteroatoms. The summed E-state index contributed by atoms with van der Waals surface area (Å²) >= 11 is 0. The lowest BCUT2D eigenvalue weighted by Gasteiger charge is -2.60. The number of hydrogen-bond donors (Lipinski definition) is 2. The van der Waals surface area contributed by atoms with E-state index in [4.69, 9.17) is 5.73 Å². The summed E-state index contributed by atoms with van der Waals surface area (Å²) in [5.41, 5.74) is 6.12. The van der Waals surface area contributed by atoms with Gasteiger partial charge >= 0.3 is 0 Å². The highest BCUT2D eigenvalue weighted by Crippen LogP contribution is 2.56. The van der Waals surface area contributed by atoms with Crippen LogP contribution in [0.3, 0.4) is 0 Å². The van der Waals surface area contributed by atoms with E-state index in [0.29, 0.717) is 11.8 Å². The summed E-state index contributed by atoms with van der Waals surface area (Å²) < 4.78 is 26.6. The first kappa shape index (κ1) is 11.9. The Morgan fingerprint density at radius 1 is 1.24 bits per heavy atom. The highest BCUT2D eigenvalue weighted by Gasteiger charge is 2.57. The molecule has 0 aromatic carbocycles. The topological polar surface area (TPSA) is 72.2 Å². The molecule has 2 unspecified atom stereocenters. The molecule has 4 bridgehead atoms. The van der Waals surface area contributed by atoms with Gasteiger partial charge in [0.25, 0.3) is 0 Å². The van der Waals surface area contributed by atoms with E-state index in [1.165, 1.54) is 6.42 Å². The number of hydrogen-bond acceptors (Lipinski definition) is 3. The van der Waals surface area contributed by atoms with E-state index < -0.39 is 10.0 Å². The Hall–Kier alpha value is -0.130. The molecule has 0 aliphatic heterocycles. The van der Waals surface area contributed by atoms with Crippen molar-refractivity contribution in [2.75, 3.05) is 5.75 Å². The lowest BCUT2D eigenvalue weighted by atomic mass is 9.50. The SMILES string of the molecule is CCS(=O)(=O)NC12CC3CC(CC(N)(C3)C1)C2. The number of sulfonamides is 1. The van der Waals surface area contributed by atoms with Crippen molar-refractivity contribution in [2.24, 2.45) is 17.6 Å². The van der Waals surface area contributed by atoms with Gasteiger partial charge in [-0.15, -0.1) is 0 Å². The van der Waals surface area contributed by atoms with E-state index >= 15 is 0 Å². The number of nitrogens with one attached hydrogen (secondary N) is 1. The second-order valence-electron chi connectivity index (χ2n) is 6.61. The molecule has 4 fully saturated rings. The van der Waals surface area contributed by atoms with Crippen LogP contribution >= 0.6 is 0 Å². The molecule has 17 heavy (non-hydrogen) atoms. The summed E-state index contributed by atoms with van der Waals surface area (Å²) in [6.45, 7) is 1.70. The van der Waals surface area contributed by atoms with Gasteiger partial charge in [-0.25, -0.2) is 13.1 Å². The number of nitrogens with two attached hydrogens (primary N) is 1. The Kier molecular flexibility index (Phi) is 2.42. The predicted octanol–water partition coefficient (Wildman–Crippen LogP) is 0.976. The fourth-order valence-electron chi connectivity index (χ4n) is 4.85. The van der Waals surface area contributed by atoms with E-state index in [-0.39, 0.29) is 16.8 Å². The van der Waals surface area contributed by atoms with Crippen molar-refractivity contribution < 1.29 is 8.42 Å². The van der Waals surface area contributed by atoms with Crippen molar-refractivity contribution in [3.8, 4) is 0 Å². The molecule has 3 N–H and O–H groups in total. The zero-order chi connectivity index (χ0) is 12.3. The Balaban J connectivity index is 1.89. The maximum absolute atomic E-state index is 11.8. The minimum Gasteiger partial charge on any atom is -0.325 e. The standard InChI is InChI=1S/C12H22N2O2S/c1-2-17(15,16)14-12-6-9-3-10(7-12)5-11(13,4-9)8-12/h9-10,14H,2-8,13H2,1H3. The van der Waals surface area contributed by atoms with Crippen molar-refractivity contribution in [2.45, 2.75) is 56.5 Å². The molecule has 0 saturated heterocycles. The molecule has 4 saturated carbocycles. The summed E-state index contributed by atoms with van der Waals surface area (Å²) in [5.74, 6) is 1.45. The average molecular weight is 258 g/mol. The minimum atomic E-state index is -3.11. The summed E-state index contributed by atoms with van der Waals surface area (Å²) in [5, 5.41) is 0. The van der Waals surface area contributed by atoms with Crippen LogP contribution in [0, 0.1) is 11.8 Å². The Labute approximate surface area is 103 Å². The Morgan fingerprint density at radius 3 is 2.29 bits per heavy atom. The van der Waals surface area contributed by atoms with Crippen LogP contribution in [-0.2, 0) is 10.0 Å². The third-order valence-electron chi connectivity index (χ3n) is 4.86. The first-order chi connectivity index (χ1) is 7.84. The third-order valence-corrected chi connectivity index (χ3v) is 6.36. The van der Waals surface area contributed by atoms with Crippen LogP contribution in [0.15, 0.2) is 0 Å². The molecule has 2 atom stereocenters. The van der Waals surface area contributed by atoms with Crippen LogP contribution in [0.1, 0.15) is 45.4 Å². The fraction of sp³-hybridized carbons (Fsp3) is 1.00. The van der Waals surface area contributed by atoms with Gasteiger partial charge in [-0.1, -0.05) is 0 Å². The molecule has 0 aromatic heterocycles. The van der Waals surface area contributed by atoms with Gasteiger partial charge in [0.2, 0.25) is 10.0 Å². The van der Waals surface area contributed by atoms with E-state index in [1.54, 1.807) is 6.92 Å². The molecular weight excluding hydrogens is 236 g/mol. The summed E-state index contributed by atoms with van der Waals surface area (Å²) in [4.78, 5) is 0. The zero-order valence-electron chi connectivity index (χ0n) is 10.4. The van der Waals surface area contributed by atoms with Crippen molar-refractivity contribution >= 4 is 10.0 Å². The van der Waals surface area contributed by atoms with Gasteiger partial charge < -0.3 is 5.73 Å². The number of rotatable bonds is 3. The van der Waals surface area contributed by atoms with Crippen LogP contribution < -0.4 is 10.5 Å². The maximum atomic E-state index is 11.8. The van der Waals surface area contributed by atoms with Gasteiger partial charge in [-0.3, -0.25) is 0 Å². The Bertz CT molecular complexity index is 418. The molecule has 4 nitrogen and oxygen atoms in total. The van der Waals surface area contributed by atoms with Gasteiger partial charge in [0.05, 0.1) is 5.75 Å². The average Bonchev–Trinajstić information content (AvgIpc) is 2.11. The largest absolute Gasteiger partial charge is 0.325 e. The molecular formula is C12H22N2O2S. The fourth-order valence-corrected chi connectivity index (χ4v) is 5.90. The van der Waals surface area contributed by atoms with Crippen LogP contribution in [-0.4, -0.2) is 25.2 Å². The second-order valence-corrected chi connectivity index (χ2v) is 8.62. The van der Waals surface area contributed by atoms with Gasteiger partial charge in [0, 0.05) is 11.1 Å². The third kappa shape index (κ3) is 2.02. The summed E-state index contributed by atoms with van der Waals surface area (Å²) in [6, 6.07) is 0. The van der Waals surface area contributed by atoms with Crippen molar-refractivity contribution in [1.29, 1.82) is 0 Å². The van der Waals surface area contributed by atoms with E-state index in [0.717, 1.165) is 32.1 Å². The zero-order valence-corrected chi connectivity index (χ0v) is 11.2. The van der Waals surface area contributed by atoms with Crippen LogP contribution in [0.5, 0.6) is 0 Å². The normalized spacial score (nSPS) is 48.6. The highest BCUT2D eigenvalue weighted by atomic mass is 32.2. The van der Waals surface area contributed by atoms with Gasteiger partial charge in [-0.05, 0) is 57.3 Å². The first-order valence-electron chi connectivity index (χ1n) is 6.64. The van der Waals surface area contributed by atoms with Gasteiger partial charge in [0.15, 0.2) is 0 Å². The van der Waals surface area contributed by atoms with Crippen molar-refractivity contribution in [1.82, 2.24) is 4.72 Å². The van der Waals surface area contributed by atoms with Crippen LogP contribution in [0.2, 0.25) is 0 Å². The molecule has 0 radical (unpaired) electrons. The molecule has 98 valence electrons. The smallest absolute Gasteiger partial charge is 0.211 e. The monoisotopic (exact) mass is 258 g/mol. The van der Waals surface area contributed by atoms with Crippen molar-refractivity contribution in [3.05, 3.63) is 0 Å². The van der Waals surface area contributed by atoms with E-state index in [9.17, 15) is 8.42 Å². The van der Waals surface area contributed by atoms with Crippen molar-refractivity contribution in [3.63, 3.8) is 0 Å². The Morgan fingerprint density at radius 2 is 1.82 bits per heavy atom. The molecule has 4 rings (SSSR count).